The summed E-state index contributed by atoms with van der Waals surface area (Å²) in [4.78, 5) is 13.9. The predicted octanol–water partition coefficient (Wildman–Crippen LogP) is 3.24. The molecule has 4 nitrogen and oxygen atoms in total. The highest BCUT2D eigenvalue weighted by molar-refractivity contribution is 5.35. The van der Waals surface area contributed by atoms with Crippen molar-refractivity contribution in [3.05, 3.63) is 69.1 Å². The van der Waals surface area contributed by atoms with Crippen molar-refractivity contribution in [3.63, 3.8) is 0 Å². The fraction of sp³-hybridized carbons (Fsp3) is 0.312. The van der Waals surface area contributed by atoms with Gasteiger partial charge in [-0.1, -0.05) is 6.07 Å². The summed E-state index contributed by atoms with van der Waals surface area (Å²) in [5, 5.41) is 12.6. The molecular formula is C16H14F6N2O2. The van der Waals surface area contributed by atoms with Crippen molar-refractivity contribution in [1.82, 2.24) is 10.3 Å². The quantitative estimate of drug-likeness (QED) is 0.698. The van der Waals surface area contributed by atoms with Gasteiger partial charge in [-0.3, -0.25) is 4.79 Å². The molecule has 1 aromatic carbocycles. The van der Waals surface area contributed by atoms with Crippen molar-refractivity contribution in [2.45, 2.75) is 25.0 Å². The van der Waals surface area contributed by atoms with Crippen molar-refractivity contribution < 1.29 is 31.4 Å². The Bertz CT molecular complexity index is 781. The predicted molar refractivity (Wildman–Crippen MR) is 80.2 cm³/mol. The van der Waals surface area contributed by atoms with Crippen LogP contribution in [0.25, 0.3) is 0 Å². The summed E-state index contributed by atoms with van der Waals surface area (Å²) in [6.45, 7) is -0.356. The molecule has 0 saturated carbocycles. The number of alkyl halides is 6. The topological polar surface area (TPSA) is 65.1 Å². The van der Waals surface area contributed by atoms with E-state index in [9.17, 15) is 36.2 Å². The van der Waals surface area contributed by atoms with E-state index in [4.69, 9.17) is 0 Å². The fourth-order valence-corrected chi connectivity index (χ4v) is 2.23. The molecule has 2 aromatic rings. The van der Waals surface area contributed by atoms with Gasteiger partial charge in [-0.05, 0) is 29.8 Å². The molecule has 1 unspecified atom stereocenters. The third-order valence-corrected chi connectivity index (χ3v) is 3.55. The molecule has 0 aliphatic heterocycles. The molecule has 0 radical (unpaired) electrons. The molecule has 3 N–H and O–H groups in total. The van der Waals surface area contributed by atoms with Crippen LogP contribution in [0.2, 0.25) is 0 Å². The molecule has 26 heavy (non-hydrogen) atoms. The second-order valence-corrected chi connectivity index (χ2v) is 5.51. The van der Waals surface area contributed by atoms with Gasteiger partial charge in [0.25, 0.3) is 5.56 Å². The third-order valence-electron chi connectivity index (χ3n) is 3.55. The van der Waals surface area contributed by atoms with E-state index in [1.807, 2.05) is 0 Å². The van der Waals surface area contributed by atoms with E-state index in [-0.39, 0.29) is 19.2 Å². The highest BCUT2D eigenvalue weighted by atomic mass is 19.4. The first-order chi connectivity index (χ1) is 12.0. The van der Waals surface area contributed by atoms with Crippen LogP contribution in [0.4, 0.5) is 26.3 Å². The Morgan fingerprint density at radius 1 is 1.04 bits per heavy atom. The molecule has 0 bridgehead atoms. The second kappa shape index (κ2) is 7.50. The zero-order valence-electron chi connectivity index (χ0n) is 13.1. The Morgan fingerprint density at radius 2 is 1.62 bits per heavy atom. The molecule has 0 fully saturated rings. The van der Waals surface area contributed by atoms with Crippen molar-refractivity contribution in [3.8, 4) is 0 Å². The lowest BCUT2D eigenvalue weighted by Crippen LogP contribution is -2.25. The molecule has 0 amide bonds. The van der Waals surface area contributed by atoms with Gasteiger partial charge in [0.05, 0.1) is 17.2 Å². The molecule has 2 rings (SSSR count). The van der Waals surface area contributed by atoms with Gasteiger partial charge in [0.1, 0.15) is 0 Å². The zero-order valence-corrected chi connectivity index (χ0v) is 13.1. The Hall–Kier alpha value is -2.33. The Kier molecular flexibility index (Phi) is 5.77. The smallest absolute Gasteiger partial charge is 0.387 e. The minimum atomic E-state index is -4.99. The molecule has 1 atom stereocenters. The molecule has 0 aliphatic rings. The molecule has 142 valence electrons. The summed E-state index contributed by atoms with van der Waals surface area (Å²) in [6.07, 6.45) is -10.2. The van der Waals surface area contributed by atoms with E-state index >= 15 is 0 Å². The number of nitrogens with one attached hydrogen (secondary N) is 2. The highest BCUT2D eigenvalue weighted by Gasteiger charge is 2.37. The van der Waals surface area contributed by atoms with Crippen LogP contribution in [-0.2, 0) is 18.9 Å². The molecule has 0 spiro atoms. The Balaban J connectivity index is 2.18. The number of pyridine rings is 1. The van der Waals surface area contributed by atoms with Crippen LogP contribution in [0.15, 0.2) is 41.3 Å². The van der Waals surface area contributed by atoms with Crippen LogP contribution in [0, 0.1) is 0 Å². The lowest BCUT2D eigenvalue weighted by Gasteiger charge is -2.17. The number of rotatable bonds is 5. The second-order valence-electron chi connectivity index (χ2n) is 5.51. The first kappa shape index (κ1) is 20.0. The minimum absolute atomic E-state index is 0.00679. The third kappa shape index (κ3) is 5.09. The molecule has 0 aliphatic carbocycles. The summed E-state index contributed by atoms with van der Waals surface area (Å²) in [7, 11) is 0. The van der Waals surface area contributed by atoms with Gasteiger partial charge in [0.15, 0.2) is 0 Å². The number of aromatic nitrogens is 1. The first-order valence-electron chi connectivity index (χ1n) is 7.33. The number of halogens is 6. The molecule has 0 saturated heterocycles. The Morgan fingerprint density at radius 3 is 2.12 bits per heavy atom. The van der Waals surface area contributed by atoms with E-state index in [1.165, 1.54) is 12.3 Å². The number of aliphatic hydroxyl groups excluding tert-OH is 1. The van der Waals surface area contributed by atoms with Gasteiger partial charge >= 0.3 is 12.4 Å². The van der Waals surface area contributed by atoms with Crippen molar-refractivity contribution in [2.75, 3.05) is 6.54 Å². The molecular weight excluding hydrogens is 366 g/mol. The lowest BCUT2D eigenvalue weighted by molar-refractivity contribution is -0.143. The number of aromatic amines is 1. The number of aliphatic hydroxyl groups is 1. The number of benzene rings is 1. The highest BCUT2D eigenvalue weighted by Crippen LogP contribution is 2.37. The largest absolute Gasteiger partial charge is 0.416 e. The van der Waals surface area contributed by atoms with Crippen LogP contribution in [0.1, 0.15) is 28.4 Å². The standard InChI is InChI=1S/C16H14F6N2O2/c17-15(18,19)11-4-10(5-12(6-11)16(20,21)22)13(25)8-23-7-9-2-1-3-24-14(9)26/h1-6,13,23,25H,7-8H2,(H,24,26). The SMILES string of the molecule is O=c1[nH]cccc1CNCC(O)c1cc(C(F)(F)F)cc(C(F)(F)F)c1. The van der Waals surface area contributed by atoms with Crippen LogP contribution in [0.5, 0.6) is 0 Å². The van der Waals surface area contributed by atoms with Gasteiger partial charge in [-0.15, -0.1) is 0 Å². The Labute approximate surface area is 143 Å². The zero-order chi connectivity index (χ0) is 19.5. The summed E-state index contributed by atoms with van der Waals surface area (Å²) >= 11 is 0. The van der Waals surface area contributed by atoms with Gasteiger partial charge in [-0.2, -0.15) is 26.3 Å². The maximum absolute atomic E-state index is 12.8. The first-order valence-corrected chi connectivity index (χ1v) is 7.33. The average molecular weight is 380 g/mol. The lowest BCUT2D eigenvalue weighted by atomic mass is 10.0. The number of hydrogen-bond donors (Lipinski definition) is 3. The molecule has 1 heterocycles. The monoisotopic (exact) mass is 380 g/mol. The van der Waals surface area contributed by atoms with Gasteiger partial charge in [-0.25, -0.2) is 0 Å². The summed E-state index contributed by atoms with van der Waals surface area (Å²) in [5.74, 6) is 0. The maximum atomic E-state index is 12.8. The van der Waals surface area contributed by atoms with E-state index in [0.29, 0.717) is 17.7 Å². The van der Waals surface area contributed by atoms with Crippen molar-refractivity contribution in [2.24, 2.45) is 0 Å². The maximum Gasteiger partial charge on any atom is 0.416 e. The number of hydrogen-bond acceptors (Lipinski definition) is 3. The van der Waals surface area contributed by atoms with Gasteiger partial charge < -0.3 is 15.4 Å². The fourth-order valence-electron chi connectivity index (χ4n) is 2.23. The normalized spacial score (nSPS) is 13.7. The average Bonchev–Trinajstić information content (AvgIpc) is 2.54. The molecule has 10 heteroatoms. The van der Waals surface area contributed by atoms with E-state index in [1.54, 1.807) is 6.07 Å². The van der Waals surface area contributed by atoms with Crippen molar-refractivity contribution in [1.29, 1.82) is 0 Å². The summed E-state index contributed by atoms with van der Waals surface area (Å²) < 4.78 is 76.9. The van der Waals surface area contributed by atoms with Crippen LogP contribution < -0.4 is 10.9 Å². The number of H-pyrrole nitrogens is 1. The van der Waals surface area contributed by atoms with E-state index < -0.39 is 40.7 Å². The minimum Gasteiger partial charge on any atom is -0.387 e. The van der Waals surface area contributed by atoms with Gasteiger partial charge in [0.2, 0.25) is 0 Å². The van der Waals surface area contributed by atoms with E-state index in [0.717, 1.165) is 0 Å². The van der Waals surface area contributed by atoms with Gasteiger partial charge in [0, 0.05) is 24.8 Å². The van der Waals surface area contributed by atoms with Crippen LogP contribution in [-0.4, -0.2) is 16.6 Å². The molecule has 1 aromatic heterocycles. The van der Waals surface area contributed by atoms with Crippen LogP contribution in [0.3, 0.4) is 0 Å². The van der Waals surface area contributed by atoms with Crippen LogP contribution >= 0.6 is 0 Å². The van der Waals surface area contributed by atoms with Crippen molar-refractivity contribution >= 4 is 0 Å². The summed E-state index contributed by atoms with van der Waals surface area (Å²) in [5.41, 5.74) is -3.61. The van der Waals surface area contributed by atoms with E-state index in [2.05, 4.69) is 10.3 Å². The summed E-state index contributed by atoms with van der Waals surface area (Å²) in [6, 6.07) is 3.97.